The highest BCUT2D eigenvalue weighted by Gasteiger charge is 2.23. The lowest BCUT2D eigenvalue weighted by Crippen LogP contribution is -2.37. The van der Waals surface area contributed by atoms with Gasteiger partial charge in [-0.2, -0.15) is 0 Å². The van der Waals surface area contributed by atoms with Gasteiger partial charge in [-0.25, -0.2) is 0 Å². The van der Waals surface area contributed by atoms with Crippen LogP contribution in [0.5, 0.6) is 0 Å². The van der Waals surface area contributed by atoms with Crippen molar-refractivity contribution >= 4 is 15.9 Å². The third-order valence-corrected chi connectivity index (χ3v) is 4.11. The second-order valence-corrected chi connectivity index (χ2v) is 5.97. The van der Waals surface area contributed by atoms with Crippen molar-refractivity contribution in [2.24, 2.45) is 0 Å². The minimum Gasteiger partial charge on any atom is -0.371 e. The van der Waals surface area contributed by atoms with Crippen molar-refractivity contribution in [1.29, 1.82) is 0 Å². The summed E-state index contributed by atoms with van der Waals surface area (Å²) in [5.41, 5.74) is 2.37. The smallest absolute Gasteiger partial charge is 0.138 e. The van der Waals surface area contributed by atoms with E-state index < -0.39 is 0 Å². The Morgan fingerprint density at radius 2 is 2.35 bits per heavy atom. The fourth-order valence-electron chi connectivity index (χ4n) is 2.47. The molecule has 0 aliphatic carbocycles. The Kier molecular flexibility index (Phi) is 4.19. The van der Waals surface area contributed by atoms with Gasteiger partial charge in [0.05, 0.1) is 18.9 Å². The lowest BCUT2D eigenvalue weighted by molar-refractivity contribution is -0.0330. The number of ether oxygens (including phenoxy) is 1. The molecule has 0 saturated carbocycles. The van der Waals surface area contributed by atoms with Crippen LogP contribution in [0.3, 0.4) is 0 Å². The molecule has 1 aliphatic rings. The average Bonchev–Trinajstić information content (AvgIpc) is 2.85. The quantitative estimate of drug-likeness (QED) is 0.861. The number of aromatic nitrogens is 1. The van der Waals surface area contributed by atoms with E-state index in [1.165, 1.54) is 5.56 Å². The van der Waals surface area contributed by atoms with E-state index in [0.717, 1.165) is 42.0 Å². The van der Waals surface area contributed by atoms with Crippen LogP contribution in [0.2, 0.25) is 0 Å². The zero-order chi connectivity index (χ0) is 13.9. The molecule has 0 N–H and O–H groups in total. The summed E-state index contributed by atoms with van der Waals surface area (Å²) in [6.07, 6.45) is 1.93. The molecule has 0 amide bonds. The number of rotatable bonds is 3. The highest BCUT2D eigenvalue weighted by atomic mass is 79.9. The van der Waals surface area contributed by atoms with Crippen LogP contribution in [-0.2, 0) is 11.3 Å². The molecule has 5 heteroatoms. The van der Waals surface area contributed by atoms with E-state index >= 15 is 0 Å². The molecule has 106 valence electrons. The van der Waals surface area contributed by atoms with Gasteiger partial charge in [-0.3, -0.25) is 4.90 Å². The summed E-state index contributed by atoms with van der Waals surface area (Å²) in [6, 6.07) is 8.32. The van der Waals surface area contributed by atoms with Crippen molar-refractivity contribution in [2.75, 3.05) is 19.7 Å². The first-order valence-electron chi connectivity index (χ1n) is 6.72. The molecule has 1 fully saturated rings. The molecule has 1 aromatic carbocycles. The van der Waals surface area contributed by atoms with E-state index in [-0.39, 0.29) is 6.10 Å². The molecule has 1 atom stereocenters. The van der Waals surface area contributed by atoms with Crippen LogP contribution in [0.25, 0.3) is 0 Å². The third kappa shape index (κ3) is 3.11. The van der Waals surface area contributed by atoms with Crippen molar-refractivity contribution in [2.45, 2.75) is 19.6 Å². The first-order chi connectivity index (χ1) is 9.72. The van der Waals surface area contributed by atoms with Gasteiger partial charge in [0, 0.05) is 29.7 Å². The maximum absolute atomic E-state index is 5.90. The number of halogens is 1. The number of aryl methyl sites for hydroxylation is 1. The SMILES string of the molecule is Cc1oncc1CN1CCO[C@H](c2cccc(Br)c2)C1. The van der Waals surface area contributed by atoms with Gasteiger partial charge >= 0.3 is 0 Å². The van der Waals surface area contributed by atoms with Crippen molar-refractivity contribution in [3.05, 3.63) is 51.8 Å². The van der Waals surface area contributed by atoms with Gasteiger partial charge in [0.25, 0.3) is 0 Å². The second-order valence-electron chi connectivity index (χ2n) is 5.06. The predicted molar refractivity (Wildman–Crippen MR) is 79.4 cm³/mol. The minimum atomic E-state index is 0.126. The molecule has 0 unspecified atom stereocenters. The van der Waals surface area contributed by atoms with Gasteiger partial charge in [-0.1, -0.05) is 33.2 Å². The predicted octanol–water partition coefficient (Wildman–Crippen LogP) is 3.32. The van der Waals surface area contributed by atoms with E-state index in [1.54, 1.807) is 6.20 Å². The fourth-order valence-corrected chi connectivity index (χ4v) is 2.88. The van der Waals surface area contributed by atoms with Crippen molar-refractivity contribution in [3.8, 4) is 0 Å². The normalized spacial score (nSPS) is 20.2. The lowest BCUT2D eigenvalue weighted by Gasteiger charge is -2.33. The largest absolute Gasteiger partial charge is 0.371 e. The summed E-state index contributed by atoms with van der Waals surface area (Å²) in [5.74, 6) is 0.899. The van der Waals surface area contributed by atoms with Crippen LogP contribution in [0.1, 0.15) is 23.0 Å². The Balaban J connectivity index is 1.69. The monoisotopic (exact) mass is 336 g/mol. The Morgan fingerprint density at radius 1 is 1.45 bits per heavy atom. The molecule has 1 aliphatic heterocycles. The fraction of sp³-hybridized carbons (Fsp3) is 0.400. The Labute approximate surface area is 126 Å². The Bertz CT molecular complexity index is 585. The summed E-state index contributed by atoms with van der Waals surface area (Å²) in [7, 11) is 0. The van der Waals surface area contributed by atoms with E-state index in [4.69, 9.17) is 9.26 Å². The number of morpholine rings is 1. The van der Waals surface area contributed by atoms with Crippen LogP contribution < -0.4 is 0 Å². The second kappa shape index (κ2) is 6.08. The van der Waals surface area contributed by atoms with Crippen LogP contribution in [0.15, 0.2) is 39.5 Å². The van der Waals surface area contributed by atoms with Gasteiger partial charge in [0.2, 0.25) is 0 Å². The van der Waals surface area contributed by atoms with Crippen LogP contribution >= 0.6 is 15.9 Å². The molecule has 2 heterocycles. The zero-order valence-corrected chi connectivity index (χ0v) is 13.0. The first kappa shape index (κ1) is 13.8. The molecule has 0 bridgehead atoms. The highest BCUT2D eigenvalue weighted by Crippen LogP contribution is 2.25. The van der Waals surface area contributed by atoms with Crippen LogP contribution in [0, 0.1) is 6.92 Å². The molecular weight excluding hydrogens is 320 g/mol. The molecule has 1 aromatic heterocycles. The number of hydrogen-bond donors (Lipinski definition) is 0. The molecule has 4 nitrogen and oxygen atoms in total. The summed E-state index contributed by atoms with van der Waals surface area (Å²) in [4.78, 5) is 2.38. The molecule has 0 spiro atoms. The summed E-state index contributed by atoms with van der Waals surface area (Å²) in [5, 5.41) is 3.84. The van der Waals surface area contributed by atoms with E-state index in [0.29, 0.717) is 0 Å². The van der Waals surface area contributed by atoms with E-state index in [2.05, 4.69) is 38.1 Å². The molecule has 1 saturated heterocycles. The minimum absolute atomic E-state index is 0.126. The average molecular weight is 337 g/mol. The number of hydrogen-bond acceptors (Lipinski definition) is 4. The lowest BCUT2D eigenvalue weighted by atomic mass is 10.1. The van der Waals surface area contributed by atoms with Gasteiger partial charge in [0.1, 0.15) is 5.76 Å². The molecule has 3 rings (SSSR count). The van der Waals surface area contributed by atoms with Gasteiger partial charge in [-0.15, -0.1) is 0 Å². The topological polar surface area (TPSA) is 38.5 Å². The highest BCUT2D eigenvalue weighted by molar-refractivity contribution is 9.10. The summed E-state index contributed by atoms with van der Waals surface area (Å²) >= 11 is 3.51. The standard InChI is InChI=1S/C15H17BrN2O2/c1-11-13(8-17-20-11)9-18-5-6-19-15(10-18)12-3-2-4-14(16)7-12/h2-4,7-8,15H,5-6,9-10H2,1H3/t15-/m0/s1. The first-order valence-corrected chi connectivity index (χ1v) is 7.51. The van der Waals surface area contributed by atoms with Gasteiger partial charge in [-0.05, 0) is 24.6 Å². The maximum atomic E-state index is 5.90. The van der Waals surface area contributed by atoms with E-state index in [9.17, 15) is 0 Å². The summed E-state index contributed by atoms with van der Waals surface area (Å²) in [6.45, 7) is 5.40. The van der Waals surface area contributed by atoms with Gasteiger partial charge < -0.3 is 9.26 Å². The zero-order valence-electron chi connectivity index (χ0n) is 11.4. The van der Waals surface area contributed by atoms with Gasteiger partial charge in [0.15, 0.2) is 0 Å². The third-order valence-electron chi connectivity index (χ3n) is 3.62. The van der Waals surface area contributed by atoms with Crippen LogP contribution in [-0.4, -0.2) is 29.8 Å². The van der Waals surface area contributed by atoms with Crippen molar-refractivity contribution in [1.82, 2.24) is 10.1 Å². The number of benzene rings is 1. The van der Waals surface area contributed by atoms with Crippen LogP contribution in [0.4, 0.5) is 0 Å². The maximum Gasteiger partial charge on any atom is 0.138 e. The van der Waals surface area contributed by atoms with Crippen molar-refractivity contribution in [3.63, 3.8) is 0 Å². The molecule has 20 heavy (non-hydrogen) atoms. The number of nitrogens with zero attached hydrogens (tertiary/aromatic N) is 2. The summed E-state index contributed by atoms with van der Waals surface area (Å²) < 4.78 is 12.1. The molecule has 2 aromatic rings. The van der Waals surface area contributed by atoms with Crippen molar-refractivity contribution < 1.29 is 9.26 Å². The molecule has 0 radical (unpaired) electrons. The Hall–Kier alpha value is -1.17. The molecular formula is C15H17BrN2O2. The Morgan fingerprint density at radius 3 is 3.10 bits per heavy atom. The van der Waals surface area contributed by atoms with E-state index in [1.807, 2.05) is 19.1 Å².